The van der Waals surface area contributed by atoms with Gasteiger partial charge in [-0.1, -0.05) is 12.2 Å². The van der Waals surface area contributed by atoms with Gasteiger partial charge in [0.2, 0.25) is 0 Å². The second kappa shape index (κ2) is 3.69. The predicted octanol–water partition coefficient (Wildman–Crippen LogP) is 3.07. The Morgan fingerprint density at radius 2 is 1.94 bits per heavy atom. The van der Waals surface area contributed by atoms with Crippen LogP contribution >= 0.6 is 7.60 Å². The summed E-state index contributed by atoms with van der Waals surface area (Å²) in [6.45, 7) is 0. The van der Waals surface area contributed by atoms with Crippen molar-refractivity contribution in [3.05, 3.63) is 12.2 Å². The zero-order valence-electron chi connectivity index (χ0n) is 9.83. The molecule has 3 aliphatic rings. The highest BCUT2D eigenvalue weighted by molar-refractivity contribution is 7.54. The largest absolute Gasteiger partial charge is 0.333 e. The molecular weight excluding hydrogens is 223 g/mol. The minimum absolute atomic E-state index is 0.147. The van der Waals surface area contributed by atoms with Gasteiger partial charge in [0.05, 0.1) is 5.66 Å². The summed E-state index contributed by atoms with van der Waals surface area (Å²) in [7, 11) is 0.181. The van der Waals surface area contributed by atoms with E-state index in [0.29, 0.717) is 11.8 Å². The Balaban J connectivity index is 1.85. The van der Waals surface area contributed by atoms with Crippen LogP contribution < -0.4 is 0 Å². The summed E-state index contributed by atoms with van der Waals surface area (Å²) in [6.07, 6.45) is 8.07. The number of hydrogen-bond donors (Lipinski definition) is 0. The van der Waals surface area contributed by atoms with Crippen LogP contribution in [0.5, 0.6) is 0 Å². The Bertz CT molecular complexity index is 357. The normalized spacial score (nSPS) is 45.2. The Morgan fingerprint density at radius 1 is 1.19 bits per heavy atom. The molecule has 5 unspecified atom stereocenters. The summed E-state index contributed by atoms with van der Waals surface area (Å²) in [6, 6.07) is 0. The molecule has 0 aromatic carbocycles. The third-order valence-corrected chi connectivity index (χ3v) is 7.31. The molecule has 0 aromatic rings. The molecule has 0 amide bonds. The third kappa shape index (κ3) is 1.32. The molecule has 2 bridgehead atoms. The van der Waals surface area contributed by atoms with Crippen LogP contribution in [-0.4, -0.2) is 19.9 Å². The van der Waals surface area contributed by atoms with E-state index in [4.69, 9.17) is 9.05 Å². The molecule has 3 nitrogen and oxygen atoms in total. The first-order valence-corrected chi connectivity index (χ1v) is 7.68. The van der Waals surface area contributed by atoms with Crippen LogP contribution in [0.15, 0.2) is 12.2 Å². The number of fused-ring (bicyclic) bond motifs is 5. The van der Waals surface area contributed by atoms with Crippen molar-refractivity contribution in [1.82, 2.24) is 0 Å². The van der Waals surface area contributed by atoms with Gasteiger partial charge in [-0.15, -0.1) is 0 Å². The van der Waals surface area contributed by atoms with E-state index >= 15 is 0 Å². The number of allylic oxidation sites excluding steroid dienone is 2. The molecule has 0 radical (unpaired) electrons. The lowest BCUT2D eigenvalue weighted by Gasteiger charge is -2.34. The first-order valence-electron chi connectivity index (χ1n) is 6.07. The highest BCUT2D eigenvalue weighted by Gasteiger charge is 2.58. The van der Waals surface area contributed by atoms with Crippen LogP contribution in [0, 0.1) is 23.7 Å². The summed E-state index contributed by atoms with van der Waals surface area (Å²) in [5.41, 5.74) is 0.147. The van der Waals surface area contributed by atoms with Crippen LogP contribution in [0.25, 0.3) is 0 Å². The summed E-state index contributed by atoms with van der Waals surface area (Å²) in [5, 5.41) is 0. The van der Waals surface area contributed by atoms with Gasteiger partial charge in [-0.25, -0.2) is 0 Å². The Hall–Kier alpha value is -0.110. The fourth-order valence-corrected chi connectivity index (χ4v) is 6.26. The average molecular weight is 242 g/mol. The van der Waals surface area contributed by atoms with Crippen molar-refractivity contribution in [2.45, 2.75) is 24.9 Å². The van der Waals surface area contributed by atoms with Crippen molar-refractivity contribution < 1.29 is 13.6 Å². The lowest BCUT2D eigenvalue weighted by atomic mass is 9.81. The zero-order valence-corrected chi connectivity index (χ0v) is 10.7. The van der Waals surface area contributed by atoms with Crippen LogP contribution in [-0.2, 0) is 13.6 Å². The maximum Gasteiger partial charge on any atom is 0.333 e. The first-order chi connectivity index (χ1) is 7.69. The minimum Gasteiger partial charge on any atom is -0.312 e. The van der Waals surface area contributed by atoms with Crippen molar-refractivity contribution in [2.75, 3.05) is 14.2 Å². The molecule has 2 fully saturated rings. The summed E-state index contributed by atoms with van der Waals surface area (Å²) >= 11 is 0. The molecular formula is C12H19O3P. The predicted molar refractivity (Wildman–Crippen MR) is 62.4 cm³/mol. The van der Waals surface area contributed by atoms with E-state index in [1.807, 2.05) is 0 Å². The van der Waals surface area contributed by atoms with Gasteiger partial charge in [0.25, 0.3) is 0 Å². The second-order valence-electron chi connectivity index (χ2n) is 5.27. The van der Waals surface area contributed by atoms with Crippen molar-refractivity contribution in [2.24, 2.45) is 23.7 Å². The second-order valence-corrected chi connectivity index (χ2v) is 7.75. The van der Waals surface area contributed by atoms with Crippen LogP contribution in [0.2, 0.25) is 0 Å². The summed E-state index contributed by atoms with van der Waals surface area (Å²) in [5.74, 6) is 2.74. The van der Waals surface area contributed by atoms with E-state index in [1.54, 1.807) is 0 Å². The van der Waals surface area contributed by atoms with E-state index in [1.165, 1.54) is 20.6 Å². The monoisotopic (exact) mass is 242 g/mol. The molecule has 2 saturated carbocycles. The maximum absolute atomic E-state index is 12.5. The van der Waals surface area contributed by atoms with Crippen LogP contribution in [0.4, 0.5) is 0 Å². The van der Waals surface area contributed by atoms with Crippen LogP contribution in [0.1, 0.15) is 19.3 Å². The molecule has 0 saturated heterocycles. The average Bonchev–Trinajstić information content (AvgIpc) is 2.98. The molecule has 0 spiro atoms. The van der Waals surface area contributed by atoms with Gasteiger partial charge in [-0.2, -0.15) is 0 Å². The molecule has 5 atom stereocenters. The van der Waals surface area contributed by atoms with Crippen molar-refractivity contribution in [1.29, 1.82) is 0 Å². The van der Waals surface area contributed by atoms with Gasteiger partial charge in [-0.3, -0.25) is 4.57 Å². The molecule has 0 aliphatic heterocycles. The Labute approximate surface area is 96.7 Å². The molecule has 0 heterocycles. The molecule has 16 heavy (non-hydrogen) atoms. The molecule has 90 valence electrons. The Morgan fingerprint density at radius 3 is 2.62 bits per heavy atom. The van der Waals surface area contributed by atoms with Crippen molar-refractivity contribution in [3.63, 3.8) is 0 Å². The molecule has 3 rings (SSSR count). The van der Waals surface area contributed by atoms with Gasteiger partial charge < -0.3 is 9.05 Å². The van der Waals surface area contributed by atoms with Crippen molar-refractivity contribution >= 4 is 7.60 Å². The van der Waals surface area contributed by atoms with Gasteiger partial charge >= 0.3 is 7.60 Å². The van der Waals surface area contributed by atoms with Gasteiger partial charge in [0.15, 0.2) is 0 Å². The van der Waals surface area contributed by atoms with E-state index in [2.05, 4.69) is 12.2 Å². The van der Waals surface area contributed by atoms with Crippen molar-refractivity contribution in [3.8, 4) is 0 Å². The molecule has 0 N–H and O–H groups in total. The minimum atomic E-state index is -2.85. The third-order valence-electron chi connectivity index (χ3n) is 4.88. The maximum atomic E-state index is 12.5. The number of rotatable bonds is 3. The standard InChI is InChI=1S/C12H19O3P/c1-14-16(13,15-2)12-7-8-6-11(12)10-5-3-4-9(8)10/h3-4,8-12H,5-7H2,1-2H3. The lowest BCUT2D eigenvalue weighted by Crippen LogP contribution is -2.29. The number of hydrogen-bond acceptors (Lipinski definition) is 3. The molecule has 4 heteroatoms. The molecule has 3 aliphatic carbocycles. The zero-order chi connectivity index (χ0) is 11.3. The van der Waals surface area contributed by atoms with Crippen LogP contribution in [0.3, 0.4) is 0 Å². The van der Waals surface area contributed by atoms with Gasteiger partial charge in [0, 0.05) is 14.2 Å². The lowest BCUT2D eigenvalue weighted by molar-refractivity contribution is 0.221. The van der Waals surface area contributed by atoms with E-state index in [-0.39, 0.29) is 5.66 Å². The van der Waals surface area contributed by atoms with E-state index in [0.717, 1.165) is 24.7 Å². The fourth-order valence-electron chi connectivity index (χ4n) is 4.23. The highest BCUT2D eigenvalue weighted by Crippen LogP contribution is 2.68. The SMILES string of the molecule is COP(=O)(OC)C1CC2CC1C1CC=CC21. The summed E-state index contributed by atoms with van der Waals surface area (Å²) in [4.78, 5) is 0. The Kier molecular flexibility index (Phi) is 2.54. The summed E-state index contributed by atoms with van der Waals surface area (Å²) < 4.78 is 22.8. The van der Waals surface area contributed by atoms with Gasteiger partial charge in [0.1, 0.15) is 0 Å². The smallest absolute Gasteiger partial charge is 0.312 e. The topological polar surface area (TPSA) is 35.5 Å². The highest BCUT2D eigenvalue weighted by atomic mass is 31.2. The van der Waals surface area contributed by atoms with Gasteiger partial charge in [-0.05, 0) is 42.9 Å². The van der Waals surface area contributed by atoms with E-state index in [9.17, 15) is 4.57 Å². The molecule has 0 aromatic heterocycles. The first kappa shape index (κ1) is 11.0. The fraction of sp³-hybridized carbons (Fsp3) is 0.833. The van der Waals surface area contributed by atoms with E-state index < -0.39 is 7.60 Å². The quantitative estimate of drug-likeness (QED) is 0.563.